The molecule has 2 heteroatoms. The Morgan fingerprint density at radius 2 is 0.560 bits per heavy atom. The molecule has 2 heterocycles. The molecule has 50 heavy (non-hydrogen) atoms. The molecule has 0 saturated heterocycles. The Morgan fingerprint density at radius 1 is 0.220 bits per heavy atom. The minimum atomic E-state index is 1.17. The van der Waals surface area contributed by atoms with Gasteiger partial charge in [0.2, 0.25) is 0 Å². The van der Waals surface area contributed by atoms with Gasteiger partial charge in [-0.05, 0) is 94.0 Å². The SMILES string of the molecule is c1ccc(-n2c3ccccc3c3ccc(-c4cccc(-c5cccc(-c6ccc7c8ccccc8n(-c8ccccc8)c7c6)c5)c4)cc32)cc1. The molecule has 0 radical (unpaired) electrons. The summed E-state index contributed by atoms with van der Waals surface area (Å²) in [6, 6.07) is 70.4. The van der Waals surface area contributed by atoms with E-state index in [2.05, 4.69) is 203 Å². The van der Waals surface area contributed by atoms with Crippen molar-refractivity contribution in [3.8, 4) is 44.8 Å². The van der Waals surface area contributed by atoms with E-state index in [-0.39, 0.29) is 0 Å². The van der Waals surface area contributed by atoms with Crippen LogP contribution >= 0.6 is 0 Å². The predicted octanol–water partition coefficient (Wildman–Crippen LogP) is 12.9. The van der Waals surface area contributed by atoms with Gasteiger partial charge in [-0.3, -0.25) is 0 Å². The topological polar surface area (TPSA) is 9.86 Å². The van der Waals surface area contributed by atoms with Gasteiger partial charge in [0.05, 0.1) is 22.1 Å². The van der Waals surface area contributed by atoms with E-state index >= 15 is 0 Å². The molecule has 0 aliphatic heterocycles. The number of hydrogen-bond acceptors (Lipinski definition) is 0. The van der Waals surface area contributed by atoms with Crippen molar-refractivity contribution in [3.05, 3.63) is 194 Å². The van der Waals surface area contributed by atoms with Gasteiger partial charge < -0.3 is 9.13 Å². The molecule has 0 fully saturated rings. The highest BCUT2D eigenvalue weighted by Gasteiger charge is 2.15. The predicted molar refractivity (Wildman–Crippen MR) is 211 cm³/mol. The minimum Gasteiger partial charge on any atom is -0.309 e. The fourth-order valence-electron chi connectivity index (χ4n) is 7.77. The molecular weight excluding hydrogens is 605 g/mol. The smallest absolute Gasteiger partial charge is 0.0547 e. The van der Waals surface area contributed by atoms with Crippen molar-refractivity contribution in [2.24, 2.45) is 0 Å². The van der Waals surface area contributed by atoms with Crippen molar-refractivity contribution in [1.82, 2.24) is 9.13 Å². The summed E-state index contributed by atoms with van der Waals surface area (Å²) >= 11 is 0. The molecule has 8 aromatic carbocycles. The summed E-state index contributed by atoms with van der Waals surface area (Å²) in [6.07, 6.45) is 0. The Morgan fingerprint density at radius 3 is 0.980 bits per heavy atom. The van der Waals surface area contributed by atoms with E-state index in [0.717, 1.165) is 0 Å². The van der Waals surface area contributed by atoms with Crippen LogP contribution in [0.25, 0.3) is 88.4 Å². The lowest BCUT2D eigenvalue weighted by molar-refractivity contribution is 1.18. The Kier molecular flexibility index (Phi) is 6.53. The van der Waals surface area contributed by atoms with Crippen molar-refractivity contribution in [2.75, 3.05) is 0 Å². The number of para-hydroxylation sites is 4. The van der Waals surface area contributed by atoms with Gasteiger partial charge in [-0.2, -0.15) is 0 Å². The first-order valence-electron chi connectivity index (χ1n) is 17.2. The van der Waals surface area contributed by atoms with Crippen LogP contribution in [0.3, 0.4) is 0 Å². The maximum Gasteiger partial charge on any atom is 0.0547 e. The molecule has 0 saturated carbocycles. The highest BCUT2D eigenvalue weighted by atomic mass is 15.0. The average Bonchev–Trinajstić information content (AvgIpc) is 3.71. The molecule has 0 unspecified atom stereocenters. The Balaban J connectivity index is 1.07. The number of fused-ring (bicyclic) bond motifs is 6. The summed E-state index contributed by atoms with van der Waals surface area (Å²) < 4.78 is 4.77. The molecule has 0 aliphatic carbocycles. The molecule has 234 valence electrons. The van der Waals surface area contributed by atoms with E-state index in [1.807, 2.05) is 0 Å². The third kappa shape index (κ3) is 4.57. The van der Waals surface area contributed by atoms with Gasteiger partial charge in [-0.25, -0.2) is 0 Å². The summed E-state index contributed by atoms with van der Waals surface area (Å²) in [4.78, 5) is 0. The van der Waals surface area contributed by atoms with Crippen molar-refractivity contribution >= 4 is 43.6 Å². The first-order valence-corrected chi connectivity index (χ1v) is 17.2. The molecular formula is C48H32N2. The second-order valence-electron chi connectivity index (χ2n) is 13.0. The summed E-state index contributed by atoms with van der Waals surface area (Å²) in [5.74, 6) is 0. The molecule has 0 bridgehead atoms. The van der Waals surface area contributed by atoms with E-state index in [0.29, 0.717) is 0 Å². The fourth-order valence-corrected chi connectivity index (χ4v) is 7.77. The van der Waals surface area contributed by atoms with Crippen LogP contribution in [0.1, 0.15) is 0 Å². The summed E-state index contributed by atoms with van der Waals surface area (Å²) in [6.45, 7) is 0. The van der Waals surface area contributed by atoms with Gasteiger partial charge in [0, 0.05) is 32.9 Å². The number of benzene rings is 8. The van der Waals surface area contributed by atoms with Crippen LogP contribution in [0.5, 0.6) is 0 Å². The standard InChI is InChI=1S/C48H32N2/c1-3-17-39(18-4-1)49-45-23-9-7-21-41(45)43-27-25-37(31-47(43)49)35-15-11-13-33(29-35)34-14-12-16-36(30-34)38-26-28-44-42-22-8-10-24-46(42)50(48(44)32-38)40-19-5-2-6-20-40/h1-32H. The lowest BCUT2D eigenvalue weighted by atomic mass is 9.95. The third-order valence-electron chi connectivity index (χ3n) is 10.1. The quantitative estimate of drug-likeness (QED) is 0.178. The Labute approximate surface area is 290 Å². The first kappa shape index (κ1) is 28.4. The van der Waals surface area contributed by atoms with Gasteiger partial charge in [-0.15, -0.1) is 0 Å². The zero-order valence-corrected chi connectivity index (χ0v) is 27.4. The van der Waals surface area contributed by atoms with Crippen LogP contribution in [0.4, 0.5) is 0 Å². The van der Waals surface area contributed by atoms with Crippen LogP contribution in [0.2, 0.25) is 0 Å². The average molecular weight is 637 g/mol. The first-order chi connectivity index (χ1) is 24.8. The highest BCUT2D eigenvalue weighted by Crippen LogP contribution is 2.38. The van der Waals surface area contributed by atoms with Crippen molar-refractivity contribution in [2.45, 2.75) is 0 Å². The molecule has 10 rings (SSSR count). The normalized spacial score (nSPS) is 11.6. The summed E-state index contributed by atoms with van der Waals surface area (Å²) in [5.41, 5.74) is 14.4. The lowest BCUT2D eigenvalue weighted by Gasteiger charge is -2.11. The molecule has 2 nitrogen and oxygen atoms in total. The van der Waals surface area contributed by atoms with Crippen LogP contribution in [0, 0.1) is 0 Å². The zero-order valence-electron chi connectivity index (χ0n) is 27.4. The van der Waals surface area contributed by atoms with Gasteiger partial charge in [0.25, 0.3) is 0 Å². The number of rotatable bonds is 5. The van der Waals surface area contributed by atoms with E-state index in [1.54, 1.807) is 0 Å². The molecule has 0 N–H and O–H groups in total. The number of aromatic nitrogens is 2. The molecule has 10 aromatic rings. The zero-order chi connectivity index (χ0) is 33.0. The largest absolute Gasteiger partial charge is 0.309 e. The maximum atomic E-state index is 2.38. The lowest BCUT2D eigenvalue weighted by Crippen LogP contribution is -1.93. The monoisotopic (exact) mass is 636 g/mol. The van der Waals surface area contributed by atoms with Crippen molar-refractivity contribution < 1.29 is 0 Å². The van der Waals surface area contributed by atoms with Crippen LogP contribution in [0.15, 0.2) is 194 Å². The molecule has 0 amide bonds. The second-order valence-corrected chi connectivity index (χ2v) is 13.0. The number of nitrogens with zero attached hydrogens (tertiary/aromatic N) is 2. The Hall–Kier alpha value is -6.64. The molecule has 0 atom stereocenters. The van der Waals surface area contributed by atoms with E-state index < -0.39 is 0 Å². The maximum absolute atomic E-state index is 2.38. The summed E-state index contributed by atoms with van der Waals surface area (Å²) in [7, 11) is 0. The van der Waals surface area contributed by atoms with Gasteiger partial charge in [0.1, 0.15) is 0 Å². The molecule has 0 spiro atoms. The van der Waals surface area contributed by atoms with Gasteiger partial charge >= 0.3 is 0 Å². The van der Waals surface area contributed by atoms with Gasteiger partial charge in [0.15, 0.2) is 0 Å². The van der Waals surface area contributed by atoms with Crippen LogP contribution in [-0.2, 0) is 0 Å². The van der Waals surface area contributed by atoms with Crippen molar-refractivity contribution in [1.29, 1.82) is 0 Å². The third-order valence-corrected chi connectivity index (χ3v) is 10.1. The number of hydrogen-bond donors (Lipinski definition) is 0. The second kappa shape index (κ2) is 11.5. The van der Waals surface area contributed by atoms with E-state index in [4.69, 9.17) is 0 Å². The van der Waals surface area contributed by atoms with Crippen LogP contribution < -0.4 is 0 Å². The molecule has 2 aromatic heterocycles. The minimum absolute atomic E-state index is 1.17. The Bertz CT molecular complexity index is 2660. The highest BCUT2D eigenvalue weighted by molar-refractivity contribution is 6.11. The van der Waals surface area contributed by atoms with Gasteiger partial charge in [-0.1, -0.05) is 133 Å². The van der Waals surface area contributed by atoms with Crippen LogP contribution in [-0.4, -0.2) is 9.13 Å². The van der Waals surface area contributed by atoms with E-state index in [9.17, 15) is 0 Å². The summed E-state index contributed by atoms with van der Waals surface area (Å²) in [5, 5.41) is 5.07. The van der Waals surface area contributed by atoms with E-state index in [1.165, 1.54) is 88.4 Å². The van der Waals surface area contributed by atoms with Crippen molar-refractivity contribution in [3.63, 3.8) is 0 Å². The fraction of sp³-hybridized carbons (Fsp3) is 0. The molecule has 0 aliphatic rings.